The Bertz CT molecular complexity index is 1260. The van der Waals surface area contributed by atoms with Gasteiger partial charge in [-0.2, -0.15) is 5.26 Å². The molecule has 0 saturated carbocycles. The second-order valence-electron chi connectivity index (χ2n) is 8.59. The molecule has 184 valence electrons. The molecule has 0 bridgehead atoms. The summed E-state index contributed by atoms with van der Waals surface area (Å²) in [4.78, 5) is 24.5. The van der Waals surface area contributed by atoms with Gasteiger partial charge in [0, 0.05) is 26.6 Å². The number of hydrogen-bond acceptors (Lipinski definition) is 7. The van der Waals surface area contributed by atoms with Crippen molar-refractivity contribution in [3.63, 3.8) is 0 Å². The molecule has 1 aliphatic heterocycles. The number of carbonyl (C=O) groups excluding carboxylic acids is 1. The molecular weight excluding hydrogens is 448 g/mol. The first-order chi connectivity index (χ1) is 17.0. The van der Waals surface area contributed by atoms with Gasteiger partial charge < -0.3 is 24.5 Å². The van der Waals surface area contributed by atoms with Crippen LogP contribution in [-0.2, 0) is 27.7 Å². The van der Waals surface area contributed by atoms with E-state index in [4.69, 9.17) is 13.9 Å². The van der Waals surface area contributed by atoms with Crippen LogP contribution in [-0.4, -0.2) is 55.0 Å². The van der Waals surface area contributed by atoms with Gasteiger partial charge in [-0.05, 0) is 48.7 Å². The third kappa shape index (κ3) is 5.98. The van der Waals surface area contributed by atoms with E-state index in [1.807, 2.05) is 43.3 Å². The van der Waals surface area contributed by atoms with Crippen molar-refractivity contribution >= 4 is 17.0 Å². The van der Waals surface area contributed by atoms with Crippen LogP contribution < -0.4 is 16.4 Å². The van der Waals surface area contributed by atoms with Gasteiger partial charge >= 0.3 is 5.76 Å². The normalized spacial score (nSPS) is 19.5. The molecule has 35 heavy (non-hydrogen) atoms. The van der Waals surface area contributed by atoms with Gasteiger partial charge in [-0.1, -0.05) is 30.3 Å². The molecule has 2 heterocycles. The fourth-order valence-corrected chi connectivity index (χ4v) is 4.17. The van der Waals surface area contributed by atoms with E-state index in [1.165, 1.54) is 4.57 Å². The van der Waals surface area contributed by atoms with Gasteiger partial charge in [-0.25, -0.2) is 4.79 Å². The Morgan fingerprint density at radius 3 is 2.80 bits per heavy atom. The first kappa shape index (κ1) is 24.7. The van der Waals surface area contributed by atoms with E-state index in [0.717, 1.165) is 35.2 Å². The molecule has 3 atom stereocenters. The van der Waals surface area contributed by atoms with Gasteiger partial charge in [0.15, 0.2) is 5.58 Å². The SMILES string of the molecule is CCOC1CCNCC(C(=O)N[C@H](C#N)Cc2ccc(-c3ccc4oc(=O)n(C)c4c3)cc2)OC1. The monoisotopic (exact) mass is 478 g/mol. The van der Waals surface area contributed by atoms with Gasteiger partial charge in [0.25, 0.3) is 5.91 Å². The van der Waals surface area contributed by atoms with Crippen molar-refractivity contribution in [2.45, 2.75) is 38.0 Å². The minimum atomic E-state index is -0.679. The number of nitriles is 1. The molecule has 1 fully saturated rings. The lowest BCUT2D eigenvalue weighted by Crippen LogP contribution is -2.49. The van der Waals surface area contributed by atoms with Crippen LogP contribution in [0.15, 0.2) is 51.7 Å². The summed E-state index contributed by atoms with van der Waals surface area (Å²) in [5, 5.41) is 15.6. The summed E-state index contributed by atoms with van der Waals surface area (Å²) >= 11 is 0. The number of rotatable bonds is 7. The number of hydrogen-bond donors (Lipinski definition) is 2. The second kappa shape index (κ2) is 11.3. The Hall–Kier alpha value is -3.45. The molecule has 9 nitrogen and oxygen atoms in total. The minimum absolute atomic E-state index is 0.0486. The third-order valence-electron chi connectivity index (χ3n) is 6.14. The van der Waals surface area contributed by atoms with Crippen LogP contribution in [0, 0.1) is 11.3 Å². The highest BCUT2D eigenvalue weighted by Gasteiger charge is 2.25. The molecule has 0 spiro atoms. The van der Waals surface area contributed by atoms with Gasteiger partial charge in [0.05, 0.1) is 24.3 Å². The van der Waals surface area contributed by atoms with Crippen LogP contribution in [0.4, 0.5) is 0 Å². The van der Waals surface area contributed by atoms with Crippen molar-refractivity contribution < 1.29 is 18.7 Å². The van der Waals surface area contributed by atoms with Crippen molar-refractivity contribution in [2.75, 3.05) is 26.3 Å². The van der Waals surface area contributed by atoms with Crippen LogP contribution in [0.2, 0.25) is 0 Å². The number of carbonyl (C=O) groups is 1. The molecule has 1 aliphatic rings. The number of oxazole rings is 1. The van der Waals surface area contributed by atoms with E-state index in [2.05, 4.69) is 16.7 Å². The number of benzene rings is 2. The highest BCUT2D eigenvalue weighted by atomic mass is 16.5. The van der Waals surface area contributed by atoms with Crippen LogP contribution >= 0.6 is 0 Å². The molecule has 1 aromatic heterocycles. The first-order valence-corrected chi connectivity index (χ1v) is 11.8. The molecule has 3 aromatic rings. The van der Waals surface area contributed by atoms with Gasteiger partial charge in [-0.15, -0.1) is 0 Å². The number of aromatic nitrogens is 1. The topological polar surface area (TPSA) is 119 Å². The highest BCUT2D eigenvalue weighted by Crippen LogP contribution is 2.24. The molecule has 2 aromatic carbocycles. The predicted molar refractivity (Wildman–Crippen MR) is 131 cm³/mol. The summed E-state index contributed by atoms with van der Waals surface area (Å²) in [5.74, 6) is -0.705. The summed E-state index contributed by atoms with van der Waals surface area (Å²) in [6.07, 6.45) is 0.477. The maximum atomic E-state index is 12.8. The van der Waals surface area contributed by atoms with Crippen molar-refractivity contribution in [3.05, 3.63) is 58.6 Å². The first-order valence-electron chi connectivity index (χ1n) is 11.8. The fraction of sp³-hybridized carbons (Fsp3) is 0.423. The van der Waals surface area contributed by atoms with Crippen molar-refractivity contribution in [1.29, 1.82) is 5.26 Å². The zero-order valence-electron chi connectivity index (χ0n) is 20.0. The quantitative estimate of drug-likeness (QED) is 0.534. The standard InChI is InChI=1S/C26H30N4O5/c1-3-33-21-10-11-28-15-24(34-16-21)25(31)29-20(14-27)12-17-4-6-18(7-5-17)19-8-9-23-22(13-19)30(2)26(32)35-23/h4-9,13,20-21,24,28H,3,10-12,15-16H2,1-2H3,(H,29,31)/t20-,21?,24?/m0/s1. The number of aryl methyl sites for hydroxylation is 1. The largest absolute Gasteiger partial charge is 0.419 e. The number of ether oxygens (including phenoxy) is 2. The highest BCUT2D eigenvalue weighted by molar-refractivity contribution is 5.82. The average molecular weight is 479 g/mol. The number of nitrogens with zero attached hydrogens (tertiary/aromatic N) is 2. The van der Waals surface area contributed by atoms with E-state index >= 15 is 0 Å². The maximum Gasteiger partial charge on any atom is 0.419 e. The Morgan fingerprint density at radius 2 is 2.06 bits per heavy atom. The molecule has 2 unspecified atom stereocenters. The Labute approximate surface area is 203 Å². The van der Waals surface area contributed by atoms with Crippen LogP contribution in [0.3, 0.4) is 0 Å². The lowest BCUT2D eigenvalue weighted by Gasteiger charge is -2.26. The summed E-state index contributed by atoms with van der Waals surface area (Å²) in [7, 11) is 1.67. The fourth-order valence-electron chi connectivity index (χ4n) is 4.17. The van der Waals surface area contributed by atoms with Crippen molar-refractivity contribution in [2.24, 2.45) is 7.05 Å². The molecular formula is C26H30N4O5. The van der Waals surface area contributed by atoms with E-state index in [-0.39, 0.29) is 12.0 Å². The molecule has 0 radical (unpaired) electrons. The number of amides is 1. The van der Waals surface area contributed by atoms with E-state index < -0.39 is 17.9 Å². The molecule has 9 heteroatoms. The molecule has 1 saturated heterocycles. The smallest absolute Gasteiger partial charge is 0.408 e. The molecule has 0 aliphatic carbocycles. The van der Waals surface area contributed by atoms with Crippen LogP contribution in [0.5, 0.6) is 0 Å². The van der Waals surface area contributed by atoms with Crippen molar-refractivity contribution in [3.8, 4) is 17.2 Å². The minimum Gasteiger partial charge on any atom is -0.408 e. The lowest BCUT2D eigenvalue weighted by molar-refractivity contribution is -0.137. The summed E-state index contributed by atoms with van der Waals surface area (Å²) in [6.45, 7) is 4.02. The van der Waals surface area contributed by atoms with Gasteiger partial charge in [0.1, 0.15) is 12.1 Å². The van der Waals surface area contributed by atoms with E-state index in [0.29, 0.717) is 31.8 Å². The van der Waals surface area contributed by atoms with Crippen molar-refractivity contribution in [1.82, 2.24) is 15.2 Å². The number of fused-ring (bicyclic) bond motifs is 1. The van der Waals surface area contributed by atoms with Gasteiger partial charge in [-0.3, -0.25) is 9.36 Å². The zero-order valence-corrected chi connectivity index (χ0v) is 20.0. The summed E-state index contributed by atoms with van der Waals surface area (Å²) in [6, 6.07) is 14.9. The molecule has 1 amide bonds. The maximum absolute atomic E-state index is 12.8. The number of nitrogens with one attached hydrogen (secondary N) is 2. The summed E-state index contributed by atoms with van der Waals surface area (Å²) < 4.78 is 18.1. The second-order valence-corrected chi connectivity index (χ2v) is 8.59. The zero-order chi connectivity index (χ0) is 24.8. The molecule has 2 N–H and O–H groups in total. The predicted octanol–water partition coefficient (Wildman–Crippen LogP) is 2.13. The Kier molecular flexibility index (Phi) is 7.98. The Balaban J connectivity index is 1.38. The lowest BCUT2D eigenvalue weighted by atomic mass is 10.0. The summed E-state index contributed by atoms with van der Waals surface area (Å²) in [5.41, 5.74) is 4.11. The van der Waals surface area contributed by atoms with Crippen LogP contribution in [0.25, 0.3) is 22.2 Å². The molecule has 4 rings (SSSR count). The van der Waals surface area contributed by atoms with Crippen LogP contribution in [0.1, 0.15) is 18.9 Å². The van der Waals surface area contributed by atoms with E-state index in [1.54, 1.807) is 13.1 Å². The van der Waals surface area contributed by atoms with Gasteiger partial charge in [0.2, 0.25) is 0 Å². The Morgan fingerprint density at radius 1 is 1.29 bits per heavy atom. The third-order valence-corrected chi connectivity index (χ3v) is 6.14. The average Bonchev–Trinajstić information content (AvgIpc) is 3.13. The van der Waals surface area contributed by atoms with E-state index in [9.17, 15) is 14.9 Å².